The summed E-state index contributed by atoms with van der Waals surface area (Å²) < 4.78 is 29.0. The fourth-order valence-electron chi connectivity index (χ4n) is 1.06. The van der Waals surface area contributed by atoms with E-state index in [-0.39, 0.29) is 5.82 Å². The van der Waals surface area contributed by atoms with Crippen LogP contribution in [0.4, 0.5) is 4.39 Å². The summed E-state index contributed by atoms with van der Waals surface area (Å²) >= 11 is 3.11. The van der Waals surface area contributed by atoms with E-state index in [0.29, 0.717) is 10.0 Å². The molecule has 1 aromatic carbocycles. The molecule has 0 aromatic heterocycles. The molecule has 5 heteroatoms. The molecule has 0 saturated heterocycles. The Morgan fingerprint density at radius 1 is 1.41 bits per heavy atom. The first-order valence-corrected chi connectivity index (χ1v) is 7.03. The molecule has 0 fully saturated rings. The van der Waals surface area contributed by atoms with Crippen LogP contribution in [0.25, 0.3) is 0 Å². The smallest absolute Gasteiger partial charge is 0.144 e. The molecule has 1 atom stereocenters. The molecule has 0 spiro atoms. The van der Waals surface area contributed by atoms with Gasteiger partial charge in [-0.2, -0.15) is 4.40 Å². The fourth-order valence-corrected chi connectivity index (χ4v) is 2.05. The topological polar surface area (TPSA) is 29.4 Å². The van der Waals surface area contributed by atoms with Crippen molar-refractivity contribution in [2.75, 3.05) is 0 Å². The van der Waals surface area contributed by atoms with Gasteiger partial charge in [0.25, 0.3) is 0 Å². The van der Waals surface area contributed by atoms with Crippen LogP contribution >= 0.6 is 15.9 Å². The van der Waals surface area contributed by atoms with E-state index in [1.54, 1.807) is 6.07 Å². The molecular formula is C12H15BrFNOS. The second kappa shape index (κ2) is 5.40. The summed E-state index contributed by atoms with van der Waals surface area (Å²) in [6.07, 6.45) is 1.46. The standard InChI is InChI=1S/C12H15BrFNOS/c1-8-5-10(13)11(14)6-9(8)7-15-17(16)12(2,3)4/h5-7H,1-4H3/b15-7+/t17-/m0/s1. The van der Waals surface area contributed by atoms with Gasteiger partial charge in [0.2, 0.25) is 0 Å². The minimum absolute atomic E-state index is 0.349. The van der Waals surface area contributed by atoms with Gasteiger partial charge in [0, 0.05) is 6.21 Å². The highest BCUT2D eigenvalue weighted by Crippen LogP contribution is 2.20. The number of hydrogen-bond donors (Lipinski definition) is 0. The van der Waals surface area contributed by atoms with Crippen molar-refractivity contribution in [3.63, 3.8) is 0 Å². The molecule has 0 aliphatic rings. The molecule has 1 aromatic rings. The number of nitrogens with zero attached hydrogens (tertiary/aromatic N) is 1. The Hall–Kier alpha value is -0.550. The van der Waals surface area contributed by atoms with Crippen LogP contribution in [0.5, 0.6) is 0 Å². The van der Waals surface area contributed by atoms with Crippen molar-refractivity contribution in [3.05, 3.63) is 33.5 Å². The second-order valence-corrected chi connectivity index (χ2v) is 7.51. The van der Waals surface area contributed by atoms with E-state index in [2.05, 4.69) is 20.3 Å². The number of halogens is 2. The molecule has 0 unspecified atom stereocenters. The third-order valence-corrected chi connectivity index (χ3v) is 4.07. The molecular weight excluding hydrogens is 305 g/mol. The summed E-state index contributed by atoms with van der Waals surface area (Å²) in [5.74, 6) is -0.349. The van der Waals surface area contributed by atoms with E-state index in [9.17, 15) is 8.60 Å². The molecule has 17 heavy (non-hydrogen) atoms. The predicted molar refractivity (Wildman–Crippen MR) is 74.3 cm³/mol. The summed E-state index contributed by atoms with van der Waals surface area (Å²) in [6, 6.07) is 3.06. The van der Waals surface area contributed by atoms with Crippen LogP contribution in [0.1, 0.15) is 31.9 Å². The Labute approximate surface area is 112 Å². The summed E-state index contributed by atoms with van der Waals surface area (Å²) in [4.78, 5) is 0. The van der Waals surface area contributed by atoms with E-state index >= 15 is 0 Å². The first-order valence-electron chi connectivity index (χ1n) is 5.13. The zero-order valence-corrected chi connectivity index (χ0v) is 12.7. The minimum atomic E-state index is -1.32. The molecule has 0 aliphatic heterocycles. The quantitative estimate of drug-likeness (QED) is 0.763. The van der Waals surface area contributed by atoms with Crippen LogP contribution in [-0.4, -0.2) is 15.2 Å². The van der Waals surface area contributed by atoms with Crippen LogP contribution in [-0.2, 0) is 11.0 Å². The van der Waals surface area contributed by atoms with Crippen molar-refractivity contribution in [3.8, 4) is 0 Å². The third kappa shape index (κ3) is 4.00. The Bertz CT molecular complexity index is 480. The SMILES string of the molecule is Cc1cc(Br)c(F)cc1/C=N/[S@@](=O)C(C)(C)C. The van der Waals surface area contributed by atoms with Crippen molar-refractivity contribution in [2.24, 2.45) is 4.40 Å². The molecule has 0 radical (unpaired) electrons. The molecule has 0 bridgehead atoms. The van der Waals surface area contributed by atoms with Gasteiger partial charge >= 0.3 is 0 Å². The highest BCUT2D eigenvalue weighted by atomic mass is 79.9. The summed E-state index contributed by atoms with van der Waals surface area (Å²) in [5, 5.41) is 0. The van der Waals surface area contributed by atoms with Gasteiger partial charge < -0.3 is 0 Å². The van der Waals surface area contributed by atoms with Crippen LogP contribution in [0.15, 0.2) is 21.0 Å². The van der Waals surface area contributed by atoms with Gasteiger partial charge in [0.1, 0.15) is 16.8 Å². The van der Waals surface area contributed by atoms with Crippen LogP contribution in [0, 0.1) is 12.7 Å². The van der Waals surface area contributed by atoms with Gasteiger partial charge in [-0.1, -0.05) is 0 Å². The Balaban J connectivity index is 3.01. The first kappa shape index (κ1) is 14.5. The maximum Gasteiger partial charge on any atom is 0.144 e. The van der Waals surface area contributed by atoms with E-state index in [1.165, 1.54) is 12.3 Å². The summed E-state index contributed by atoms with van der Waals surface area (Å²) in [7, 11) is -1.32. The van der Waals surface area contributed by atoms with Gasteiger partial charge in [-0.3, -0.25) is 0 Å². The Morgan fingerprint density at radius 2 is 2.00 bits per heavy atom. The predicted octanol–water partition coefficient (Wildman–Crippen LogP) is 3.78. The molecule has 1 rings (SSSR count). The molecule has 0 saturated carbocycles. The van der Waals surface area contributed by atoms with E-state index < -0.39 is 15.7 Å². The maximum absolute atomic E-state index is 13.3. The first-order chi connectivity index (χ1) is 7.71. The number of benzene rings is 1. The van der Waals surface area contributed by atoms with Gasteiger partial charge in [-0.15, -0.1) is 0 Å². The van der Waals surface area contributed by atoms with Gasteiger partial charge in [-0.05, 0) is 66.9 Å². The molecule has 2 nitrogen and oxygen atoms in total. The van der Waals surface area contributed by atoms with Crippen molar-refractivity contribution in [2.45, 2.75) is 32.4 Å². The van der Waals surface area contributed by atoms with Crippen molar-refractivity contribution < 1.29 is 8.60 Å². The van der Waals surface area contributed by atoms with Gasteiger partial charge in [0.15, 0.2) is 0 Å². The molecule has 0 aliphatic carbocycles. The normalized spacial score (nSPS) is 14.2. The van der Waals surface area contributed by atoms with Crippen LogP contribution in [0.3, 0.4) is 0 Å². The highest BCUT2D eigenvalue weighted by molar-refractivity contribution is 9.10. The number of hydrogen-bond acceptors (Lipinski definition) is 1. The van der Waals surface area contributed by atoms with Gasteiger partial charge in [-0.25, -0.2) is 8.60 Å². The molecule has 0 amide bonds. The zero-order valence-electron chi connectivity index (χ0n) is 10.3. The molecule has 0 N–H and O–H groups in total. The second-order valence-electron chi connectivity index (χ2n) is 4.72. The van der Waals surface area contributed by atoms with Crippen molar-refractivity contribution >= 4 is 33.1 Å². The summed E-state index contributed by atoms with van der Waals surface area (Å²) in [5.41, 5.74) is 1.52. The maximum atomic E-state index is 13.3. The lowest BCUT2D eigenvalue weighted by Crippen LogP contribution is -2.19. The monoisotopic (exact) mass is 319 g/mol. The largest absolute Gasteiger partial charge is 0.234 e. The van der Waals surface area contributed by atoms with Crippen molar-refractivity contribution in [1.29, 1.82) is 0 Å². The lowest BCUT2D eigenvalue weighted by molar-refractivity contribution is 0.620. The van der Waals surface area contributed by atoms with E-state index in [0.717, 1.165) is 5.56 Å². The average molecular weight is 320 g/mol. The Morgan fingerprint density at radius 3 is 2.53 bits per heavy atom. The molecule has 94 valence electrons. The third-order valence-electron chi connectivity index (χ3n) is 2.12. The van der Waals surface area contributed by atoms with Crippen LogP contribution < -0.4 is 0 Å². The molecule has 0 heterocycles. The van der Waals surface area contributed by atoms with E-state index in [1.807, 2.05) is 27.7 Å². The number of rotatable bonds is 2. The Kier molecular flexibility index (Phi) is 4.61. The average Bonchev–Trinajstić information content (AvgIpc) is 2.19. The number of aryl methyl sites for hydroxylation is 1. The lowest BCUT2D eigenvalue weighted by atomic mass is 10.1. The summed E-state index contributed by atoms with van der Waals surface area (Å²) in [6.45, 7) is 7.38. The lowest BCUT2D eigenvalue weighted by Gasteiger charge is -2.12. The van der Waals surface area contributed by atoms with Crippen LogP contribution in [0.2, 0.25) is 0 Å². The van der Waals surface area contributed by atoms with Crippen molar-refractivity contribution in [1.82, 2.24) is 0 Å². The minimum Gasteiger partial charge on any atom is -0.234 e. The van der Waals surface area contributed by atoms with E-state index in [4.69, 9.17) is 0 Å². The highest BCUT2D eigenvalue weighted by Gasteiger charge is 2.18. The zero-order chi connectivity index (χ0) is 13.2. The van der Waals surface area contributed by atoms with Gasteiger partial charge in [0.05, 0.1) is 9.22 Å². The fraction of sp³-hybridized carbons (Fsp3) is 0.417.